The van der Waals surface area contributed by atoms with Gasteiger partial charge in [-0.1, -0.05) is 0 Å². The van der Waals surface area contributed by atoms with Crippen LogP contribution in [0.25, 0.3) is 0 Å². The summed E-state index contributed by atoms with van der Waals surface area (Å²) in [4.78, 5) is 39.9. The van der Waals surface area contributed by atoms with Gasteiger partial charge in [0.15, 0.2) is 5.60 Å². The minimum Gasteiger partial charge on any atom is -1.00 e. The molecule has 0 rings (SSSR count). The van der Waals surface area contributed by atoms with Crippen molar-refractivity contribution >= 4 is 61.6 Å². The Labute approximate surface area is 173 Å². The van der Waals surface area contributed by atoms with E-state index < -0.39 is 48.4 Å². The smallest absolute Gasteiger partial charge is 1.00 e. The monoisotopic (exact) mass is 414 g/mol. The van der Waals surface area contributed by atoms with Crippen molar-refractivity contribution < 1.29 is 80.1 Å². The fourth-order valence-electron chi connectivity index (χ4n) is 0.714. The molecule has 0 fully saturated rings. The standard InChI is InChI=1S/C6H8O7.C3H6O3.Ca.5H2O.2H/c7-3(8)1-6(13,5(11)12)2-4(9)10;1-2(4)3(5)6;;;;;;;;/h13H,1-2H2,(H,7,8)(H,9,10)(H,11,12);2,4H,1H3,(H,5,6);;5*1H2;;/q;;+2;;;;;;2*-1. The largest absolute Gasteiger partial charge is 2.00 e. The number of rotatable bonds is 6. The number of hydrogen-bond donors (Lipinski definition) is 6. The predicted octanol–water partition coefficient (Wildman–Crippen LogP) is -6.08. The molecule has 16 heteroatoms. The summed E-state index contributed by atoms with van der Waals surface area (Å²) in [6.45, 7) is 1.20. The van der Waals surface area contributed by atoms with Crippen LogP contribution in [0.1, 0.15) is 22.6 Å². The van der Waals surface area contributed by atoms with Gasteiger partial charge in [-0.25, -0.2) is 9.59 Å². The van der Waals surface area contributed by atoms with Crippen LogP contribution in [0, 0.1) is 0 Å². The van der Waals surface area contributed by atoms with Gasteiger partial charge in [0.05, 0.1) is 12.8 Å². The van der Waals surface area contributed by atoms with Gasteiger partial charge in [0.1, 0.15) is 6.10 Å². The topological polar surface area (TPSA) is 347 Å². The zero-order valence-electron chi connectivity index (χ0n) is 15.0. The molecule has 154 valence electrons. The van der Waals surface area contributed by atoms with E-state index in [1.165, 1.54) is 6.92 Å². The number of carbonyl (C=O) groups is 4. The van der Waals surface area contributed by atoms with E-state index in [0.717, 1.165) is 0 Å². The summed E-state index contributed by atoms with van der Waals surface area (Å²) in [5.41, 5.74) is -2.74. The van der Waals surface area contributed by atoms with E-state index in [2.05, 4.69) is 0 Å². The molecule has 0 bridgehead atoms. The number of aliphatic carboxylic acids is 4. The first-order chi connectivity index (χ1) is 8.42. The number of hydrogen-bond acceptors (Lipinski definition) is 6. The van der Waals surface area contributed by atoms with Crippen molar-refractivity contribution in [1.82, 2.24) is 0 Å². The van der Waals surface area contributed by atoms with Crippen molar-refractivity contribution in [2.24, 2.45) is 0 Å². The molecule has 0 heterocycles. The van der Waals surface area contributed by atoms with Gasteiger partial charge in [0.25, 0.3) is 0 Å². The number of carboxylic acids is 4. The second-order valence-electron chi connectivity index (χ2n) is 3.49. The van der Waals surface area contributed by atoms with Crippen LogP contribution in [0.4, 0.5) is 0 Å². The molecule has 0 spiro atoms. The van der Waals surface area contributed by atoms with Crippen molar-refractivity contribution in [1.29, 1.82) is 0 Å². The van der Waals surface area contributed by atoms with E-state index in [1.807, 2.05) is 0 Å². The molecule has 0 aliphatic carbocycles. The molecule has 0 aromatic rings. The maximum Gasteiger partial charge on any atom is 2.00 e. The van der Waals surface area contributed by atoms with Crippen LogP contribution >= 0.6 is 0 Å². The fourth-order valence-corrected chi connectivity index (χ4v) is 0.714. The van der Waals surface area contributed by atoms with Gasteiger partial charge in [0.2, 0.25) is 0 Å². The van der Waals surface area contributed by atoms with E-state index in [9.17, 15) is 19.2 Å². The Morgan fingerprint density at radius 1 is 0.840 bits per heavy atom. The van der Waals surface area contributed by atoms with Gasteiger partial charge in [-0.05, 0) is 6.92 Å². The SMILES string of the molecule is CC(O)C(=O)O.O.O.O.O.O.O=C(O)CC(O)(CC(=O)O)C(=O)O.[Ca+2].[H-].[H-]. The van der Waals surface area contributed by atoms with Crippen LogP contribution in [0.2, 0.25) is 0 Å². The zero-order valence-corrected chi connectivity index (χ0v) is 15.2. The maximum atomic E-state index is 10.3. The van der Waals surface area contributed by atoms with Crippen LogP contribution in [-0.2, 0) is 19.2 Å². The molecule has 16 N–H and O–H groups in total. The van der Waals surface area contributed by atoms with E-state index in [1.54, 1.807) is 0 Å². The molecule has 0 saturated heterocycles. The summed E-state index contributed by atoms with van der Waals surface area (Å²) in [5.74, 6) is -6.20. The van der Waals surface area contributed by atoms with Crippen LogP contribution < -0.4 is 0 Å². The van der Waals surface area contributed by atoms with E-state index in [0.29, 0.717) is 0 Å². The Hall–Kier alpha value is -1.14. The number of carboxylic acid groups (broad SMARTS) is 4. The molecule has 0 aliphatic rings. The summed E-state index contributed by atoms with van der Waals surface area (Å²) >= 11 is 0. The van der Waals surface area contributed by atoms with Crippen molar-refractivity contribution in [3.8, 4) is 0 Å². The third-order valence-electron chi connectivity index (χ3n) is 1.64. The summed E-state index contributed by atoms with van der Waals surface area (Å²) in [6.07, 6.45) is -3.52. The van der Waals surface area contributed by atoms with Crippen molar-refractivity contribution in [2.75, 3.05) is 0 Å². The minimum absolute atomic E-state index is 0. The van der Waals surface area contributed by atoms with E-state index >= 15 is 0 Å². The molecule has 0 saturated carbocycles. The van der Waals surface area contributed by atoms with Gasteiger partial charge in [-0.15, -0.1) is 0 Å². The molecule has 0 aromatic carbocycles. The Morgan fingerprint density at radius 2 is 1.04 bits per heavy atom. The summed E-state index contributed by atoms with van der Waals surface area (Å²) < 4.78 is 0. The Kier molecular flexibility index (Phi) is 45.3. The normalized spacial score (nSPS) is 8.92. The zero-order chi connectivity index (χ0) is 15.8. The Morgan fingerprint density at radius 3 is 1.12 bits per heavy atom. The van der Waals surface area contributed by atoms with Gasteiger partial charge >= 0.3 is 61.6 Å². The van der Waals surface area contributed by atoms with Crippen molar-refractivity contribution in [3.63, 3.8) is 0 Å². The van der Waals surface area contributed by atoms with Gasteiger partial charge < -0.3 is 60.9 Å². The van der Waals surface area contributed by atoms with E-state index in [4.69, 9.17) is 30.6 Å². The molecule has 1 atom stereocenters. The third-order valence-corrected chi connectivity index (χ3v) is 1.64. The second-order valence-corrected chi connectivity index (χ2v) is 3.49. The number of aliphatic hydroxyl groups is 2. The molecular formula is C9H26CaO15. The molecule has 25 heavy (non-hydrogen) atoms. The van der Waals surface area contributed by atoms with Gasteiger partial charge in [-0.3, -0.25) is 9.59 Å². The Bertz CT molecular complexity index is 362. The van der Waals surface area contributed by atoms with Crippen LogP contribution in [0.3, 0.4) is 0 Å². The first-order valence-corrected chi connectivity index (χ1v) is 4.72. The average molecular weight is 414 g/mol. The van der Waals surface area contributed by atoms with Crippen molar-refractivity contribution in [2.45, 2.75) is 31.5 Å². The first-order valence-electron chi connectivity index (χ1n) is 4.72. The molecule has 15 nitrogen and oxygen atoms in total. The molecule has 0 aromatic heterocycles. The average Bonchev–Trinajstić information content (AvgIpc) is 2.14. The van der Waals surface area contributed by atoms with Gasteiger partial charge in [-0.2, -0.15) is 0 Å². The molecule has 0 radical (unpaired) electrons. The maximum absolute atomic E-state index is 10.3. The fraction of sp³-hybridized carbons (Fsp3) is 0.556. The van der Waals surface area contributed by atoms with E-state index in [-0.39, 0.29) is 68.0 Å². The summed E-state index contributed by atoms with van der Waals surface area (Å²) in [6, 6.07) is 0. The number of aliphatic hydroxyl groups excluding tert-OH is 1. The minimum atomic E-state index is -2.74. The molecule has 0 amide bonds. The van der Waals surface area contributed by atoms with Crippen LogP contribution in [0.15, 0.2) is 0 Å². The predicted molar refractivity (Wildman–Crippen MR) is 82.5 cm³/mol. The molecule has 1 unspecified atom stereocenters. The first kappa shape index (κ1) is 49.6. The molecular weight excluding hydrogens is 388 g/mol. The van der Waals surface area contributed by atoms with Crippen molar-refractivity contribution in [3.05, 3.63) is 0 Å². The Balaban J connectivity index is -0.0000000233. The summed E-state index contributed by atoms with van der Waals surface area (Å²) in [5, 5.41) is 49.6. The van der Waals surface area contributed by atoms with Gasteiger partial charge in [0, 0.05) is 0 Å². The van der Waals surface area contributed by atoms with Crippen LogP contribution in [0.5, 0.6) is 0 Å². The quantitative estimate of drug-likeness (QED) is 0.223. The molecule has 0 aliphatic heterocycles. The summed E-state index contributed by atoms with van der Waals surface area (Å²) in [7, 11) is 0. The third kappa shape index (κ3) is 28.0. The second kappa shape index (κ2) is 22.9. The van der Waals surface area contributed by atoms with Crippen LogP contribution in [-0.4, -0.2) is 131 Å².